The lowest BCUT2D eigenvalue weighted by Gasteiger charge is -2.17. The number of thiazole rings is 1. The highest BCUT2D eigenvalue weighted by molar-refractivity contribution is 7.14. The lowest BCUT2D eigenvalue weighted by molar-refractivity contribution is -0.118. The molecule has 8 heteroatoms. The minimum atomic E-state index is -0.793. The number of amides is 2. The molecular weight excluding hydrogens is 414 g/mol. The fraction of sp³-hybridized carbons (Fsp3) is 0.261. The highest BCUT2D eigenvalue weighted by Crippen LogP contribution is 2.24. The first-order valence-electron chi connectivity index (χ1n) is 10.1. The van der Waals surface area contributed by atoms with Crippen LogP contribution in [0.25, 0.3) is 11.3 Å². The lowest BCUT2D eigenvalue weighted by atomic mass is 10.1. The van der Waals surface area contributed by atoms with Crippen molar-refractivity contribution in [2.45, 2.75) is 31.9 Å². The van der Waals surface area contributed by atoms with Crippen molar-refractivity contribution in [2.24, 2.45) is 0 Å². The van der Waals surface area contributed by atoms with E-state index in [0.717, 1.165) is 16.8 Å². The van der Waals surface area contributed by atoms with Crippen LogP contribution in [0.15, 0.2) is 66.0 Å². The SMILES string of the molecule is O=C(N[C@@H](CCCCO)C(=O)Nc1nc(-c2ccccc2)cs1)OCc1ccccc1. The molecule has 0 bridgehead atoms. The fourth-order valence-electron chi connectivity index (χ4n) is 2.90. The Morgan fingerprint density at radius 2 is 1.74 bits per heavy atom. The molecule has 1 heterocycles. The third kappa shape index (κ3) is 7.20. The molecule has 0 unspecified atom stereocenters. The molecule has 1 aromatic heterocycles. The van der Waals surface area contributed by atoms with Crippen LogP contribution >= 0.6 is 11.3 Å². The molecular formula is C23H25N3O4S. The standard InChI is InChI=1S/C23H25N3O4S/c27-14-8-7-13-19(25-23(29)30-15-17-9-3-1-4-10-17)21(28)26-22-24-20(16-31-22)18-11-5-2-6-12-18/h1-6,9-12,16,19,27H,7-8,13-15H2,(H,25,29)(H,24,26,28)/t19-/m0/s1. The summed E-state index contributed by atoms with van der Waals surface area (Å²) in [5.41, 5.74) is 2.59. The molecule has 0 aliphatic heterocycles. The summed E-state index contributed by atoms with van der Waals surface area (Å²) in [6.45, 7) is 0.143. The number of hydrogen-bond acceptors (Lipinski definition) is 6. The average molecular weight is 440 g/mol. The van der Waals surface area contributed by atoms with Gasteiger partial charge >= 0.3 is 6.09 Å². The van der Waals surface area contributed by atoms with Gasteiger partial charge in [-0.05, 0) is 24.8 Å². The Morgan fingerprint density at radius 3 is 2.45 bits per heavy atom. The minimum absolute atomic E-state index is 0.0275. The number of carbonyl (C=O) groups is 2. The van der Waals surface area contributed by atoms with Crippen LogP contribution in [0.2, 0.25) is 0 Å². The largest absolute Gasteiger partial charge is 0.445 e. The number of hydrogen-bond donors (Lipinski definition) is 3. The van der Waals surface area contributed by atoms with Gasteiger partial charge in [-0.25, -0.2) is 9.78 Å². The Kier molecular flexibility index (Phi) is 8.57. The molecule has 0 spiro atoms. The average Bonchev–Trinajstić information content (AvgIpc) is 3.27. The van der Waals surface area contributed by atoms with Crippen molar-refractivity contribution in [3.05, 3.63) is 71.6 Å². The van der Waals surface area contributed by atoms with Gasteiger partial charge in [0, 0.05) is 17.6 Å². The molecule has 31 heavy (non-hydrogen) atoms. The van der Waals surface area contributed by atoms with Gasteiger partial charge in [0.15, 0.2) is 5.13 Å². The Balaban J connectivity index is 1.58. The number of aromatic nitrogens is 1. The van der Waals surface area contributed by atoms with E-state index >= 15 is 0 Å². The van der Waals surface area contributed by atoms with Crippen molar-refractivity contribution in [3.8, 4) is 11.3 Å². The highest BCUT2D eigenvalue weighted by atomic mass is 32.1. The zero-order chi connectivity index (χ0) is 21.9. The summed E-state index contributed by atoms with van der Waals surface area (Å²) in [6.07, 6.45) is 0.835. The van der Waals surface area contributed by atoms with E-state index in [9.17, 15) is 9.59 Å². The van der Waals surface area contributed by atoms with Gasteiger partial charge in [0.2, 0.25) is 5.91 Å². The molecule has 0 fully saturated rings. The number of anilines is 1. The van der Waals surface area contributed by atoms with Crippen molar-refractivity contribution in [1.82, 2.24) is 10.3 Å². The predicted octanol–water partition coefficient (Wildman–Crippen LogP) is 4.21. The van der Waals surface area contributed by atoms with Gasteiger partial charge in [0.25, 0.3) is 0 Å². The summed E-state index contributed by atoms with van der Waals surface area (Å²) in [5, 5.41) is 16.8. The number of benzene rings is 2. The first-order valence-corrected chi connectivity index (χ1v) is 10.9. The second-order valence-corrected chi connectivity index (χ2v) is 7.73. The van der Waals surface area contributed by atoms with Crippen molar-refractivity contribution in [1.29, 1.82) is 0 Å². The first kappa shape index (κ1) is 22.5. The Labute approximate surface area is 185 Å². The van der Waals surface area contributed by atoms with E-state index < -0.39 is 12.1 Å². The maximum Gasteiger partial charge on any atom is 0.408 e. The van der Waals surface area contributed by atoms with Gasteiger partial charge in [-0.15, -0.1) is 11.3 Å². The molecule has 0 radical (unpaired) electrons. The van der Waals surface area contributed by atoms with E-state index in [1.165, 1.54) is 11.3 Å². The second kappa shape index (κ2) is 11.8. The number of nitrogens with zero attached hydrogens (tertiary/aromatic N) is 1. The molecule has 1 atom stereocenters. The van der Waals surface area contributed by atoms with Crippen molar-refractivity contribution >= 4 is 28.5 Å². The molecule has 162 valence electrons. The van der Waals surface area contributed by atoms with E-state index in [0.29, 0.717) is 24.4 Å². The smallest absolute Gasteiger partial charge is 0.408 e. The topological polar surface area (TPSA) is 101 Å². The fourth-order valence-corrected chi connectivity index (χ4v) is 3.62. The molecule has 3 N–H and O–H groups in total. The zero-order valence-electron chi connectivity index (χ0n) is 17.0. The quantitative estimate of drug-likeness (QED) is 0.411. The van der Waals surface area contributed by atoms with Crippen LogP contribution in [0.5, 0.6) is 0 Å². The van der Waals surface area contributed by atoms with E-state index in [1.54, 1.807) is 0 Å². The van der Waals surface area contributed by atoms with Crippen molar-refractivity contribution in [3.63, 3.8) is 0 Å². The maximum absolute atomic E-state index is 12.8. The number of aliphatic hydroxyl groups is 1. The zero-order valence-corrected chi connectivity index (χ0v) is 17.8. The van der Waals surface area contributed by atoms with E-state index in [-0.39, 0.29) is 19.1 Å². The summed E-state index contributed by atoms with van der Waals surface area (Å²) in [5.74, 6) is -0.372. The normalized spacial score (nSPS) is 11.5. The van der Waals surface area contributed by atoms with Crippen LogP contribution in [-0.4, -0.2) is 34.7 Å². The molecule has 7 nitrogen and oxygen atoms in total. The van der Waals surface area contributed by atoms with E-state index in [4.69, 9.17) is 9.84 Å². The predicted molar refractivity (Wildman–Crippen MR) is 121 cm³/mol. The van der Waals surface area contributed by atoms with Gasteiger partial charge in [0.1, 0.15) is 12.6 Å². The number of rotatable bonds is 10. The van der Waals surface area contributed by atoms with Gasteiger partial charge in [-0.2, -0.15) is 0 Å². The number of nitrogens with one attached hydrogen (secondary N) is 2. The Hall–Kier alpha value is -3.23. The molecule has 2 aromatic carbocycles. The number of ether oxygens (including phenoxy) is 1. The van der Waals surface area contributed by atoms with Crippen LogP contribution in [0.4, 0.5) is 9.93 Å². The van der Waals surface area contributed by atoms with E-state index in [1.807, 2.05) is 66.0 Å². The van der Waals surface area contributed by atoms with Crippen molar-refractivity contribution < 1.29 is 19.4 Å². The molecule has 2 amide bonds. The summed E-state index contributed by atoms with van der Waals surface area (Å²) < 4.78 is 5.23. The monoisotopic (exact) mass is 439 g/mol. The van der Waals surface area contributed by atoms with Crippen molar-refractivity contribution in [2.75, 3.05) is 11.9 Å². The number of alkyl carbamates (subject to hydrolysis) is 1. The van der Waals surface area contributed by atoms with Crippen LogP contribution in [0, 0.1) is 0 Å². The highest BCUT2D eigenvalue weighted by Gasteiger charge is 2.22. The van der Waals surface area contributed by atoms with Gasteiger partial charge in [-0.3, -0.25) is 4.79 Å². The van der Waals surface area contributed by atoms with Crippen LogP contribution in [0.3, 0.4) is 0 Å². The van der Waals surface area contributed by atoms with E-state index in [2.05, 4.69) is 15.6 Å². The molecule has 3 rings (SSSR count). The minimum Gasteiger partial charge on any atom is -0.445 e. The third-order valence-corrected chi connectivity index (χ3v) is 5.28. The second-order valence-electron chi connectivity index (χ2n) is 6.87. The summed E-state index contributed by atoms with van der Waals surface area (Å²) >= 11 is 1.32. The molecule has 0 saturated carbocycles. The third-order valence-electron chi connectivity index (χ3n) is 4.53. The first-order chi connectivity index (χ1) is 15.2. The summed E-state index contributed by atoms with van der Waals surface area (Å²) in [4.78, 5) is 29.5. The van der Waals surface area contributed by atoms with Crippen LogP contribution < -0.4 is 10.6 Å². The molecule has 0 aliphatic carbocycles. The maximum atomic E-state index is 12.8. The van der Waals surface area contributed by atoms with Crippen LogP contribution in [0.1, 0.15) is 24.8 Å². The number of carbonyl (C=O) groups excluding carboxylic acids is 2. The lowest BCUT2D eigenvalue weighted by Crippen LogP contribution is -2.44. The number of unbranched alkanes of at least 4 members (excludes halogenated alkanes) is 1. The Bertz CT molecular complexity index is 963. The molecule has 3 aromatic rings. The summed E-state index contributed by atoms with van der Waals surface area (Å²) in [6, 6.07) is 18.2. The summed E-state index contributed by atoms with van der Waals surface area (Å²) in [7, 11) is 0. The Morgan fingerprint density at radius 1 is 1.03 bits per heavy atom. The van der Waals surface area contributed by atoms with Gasteiger partial charge < -0.3 is 20.5 Å². The molecule has 0 aliphatic rings. The van der Waals surface area contributed by atoms with Gasteiger partial charge in [0.05, 0.1) is 5.69 Å². The molecule has 0 saturated heterocycles. The van der Waals surface area contributed by atoms with Gasteiger partial charge in [-0.1, -0.05) is 60.7 Å². The number of aliphatic hydroxyl groups excluding tert-OH is 1. The van der Waals surface area contributed by atoms with Crippen LogP contribution in [-0.2, 0) is 16.1 Å².